The van der Waals surface area contributed by atoms with Gasteiger partial charge in [0.05, 0.1) is 11.6 Å². The lowest BCUT2D eigenvalue weighted by Gasteiger charge is -2.25. The molecule has 7 heteroatoms. The Kier molecular flexibility index (Phi) is 5.10. The Hall–Kier alpha value is -3.51. The summed E-state index contributed by atoms with van der Waals surface area (Å²) in [4.78, 5) is 27.0. The van der Waals surface area contributed by atoms with Crippen LogP contribution in [0.25, 0.3) is 5.76 Å². The molecule has 0 bridgehead atoms. The van der Waals surface area contributed by atoms with Gasteiger partial charge >= 0.3 is 0 Å². The zero-order valence-corrected chi connectivity index (χ0v) is 16.1. The number of Topliss-reactive ketones (excluding diaryl/α,β-unsaturated/α-hetero) is 1. The second-order valence-electron chi connectivity index (χ2n) is 6.70. The van der Waals surface area contributed by atoms with Crippen molar-refractivity contribution in [1.29, 1.82) is 0 Å². The molecule has 1 amide bonds. The van der Waals surface area contributed by atoms with E-state index in [0.29, 0.717) is 16.1 Å². The Morgan fingerprint density at radius 1 is 0.833 bits per heavy atom. The molecule has 150 valence electrons. The number of carbonyl (C=O) groups is 2. The van der Waals surface area contributed by atoms with Crippen LogP contribution in [0.15, 0.2) is 78.4 Å². The predicted octanol–water partition coefficient (Wildman–Crippen LogP) is 5.24. The smallest absolute Gasteiger partial charge is 0.300 e. The van der Waals surface area contributed by atoms with Crippen molar-refractivity contribution in [2.24, 2.45) is 0 Å². The molecule has 1 aliphatic heterocycles. The van der Waals surface area contributed by atoms with Crippen LogP contribution in [-0.2, 0) is 9.59 Å². The molecule has 1 fully saturated rings. The quantitative estimate of drug-likeness (QED) is 0.354. The van der Waals surface area contributed by atoms with E-state index in [0.717, 1.165) is 17.0 Å². The van der Waals surface area contributed by atoms with E-state index < -0.39 is 29.4 Å². The topological polar surface area (TPSA) is 57.6 Å². The van der Waals surface area contributed by atoms with E-state index in [9.17, 15) is 23.5 Å². The molecule has 30 heavy (non-hydrogen) atoms. The van der Waals surface area contributed by atoms with Gasteiger partial charge in [0, 0.05) is 16.3 Å². The van der Waals surface area contributed by atoms with Gasteiger partial charge in [-0.05, 0) is 66.2 Å². The van der Waals surface area contributed by atoms with E-state index in [1.165, 1.54) is 48.5 Å². The molecular formula is C23H14ClF2NO3. The molecule has 4 nitrogen and oxygen atoms in total. The highest BCUT2D eigenvalue weighted by Gasteiger charge is 2.46. The number of hydrogen-bond acceptors (Lipinski definition) is 3. The molecule has 0 radical (unpaired) electrons. The normalized spacial score (nSPS) is 18.1. The maximum atomic E-state index is 13.5. The first-order valence-corrected chi connectivity index (χ1v) is 9.32. The summed E-state index contributed by atoms with van der Waals surface area (Å²) in [6, 6.07) is 15.4. The second-order valence-corrected chi connectivity index (χ2v) is 7.14. The summed E-state index contributed by atoms with van der Waals surface area (Å²) in [5.74, 6) is -3.17. The maximum Gasteiger partial charge on any atom is 0.300 e. The molecule has 1 heterocycles. The largest absolute Gasteiger partial charge is 0.507 e. The molecule has 1 atom stereocenters. The molecule has 0 spiro atoms. The summed E-state index contributed by atoms with van der Waals surface area (Å²) < 4.78 is 26.9. The number of halogens is 3. The Morgan fingerprint density at radius 2 is 1.37 bits per heavy atom. The van der Waals surface area contributed by atoms with E-state index in [4.69, 9.17) is 11.6 Å². The standard InChI is InChI=1S/C23H14ClF2NO3/c24-15-5-1-14(2-6-15)21(28)19-20(13-3-7-16(25)8-4-13)27(23(30)22(19)29)18-11-9-17(26)10-12-18/h1-12,20,28H/b21-19+. The Balaban J connectivity index is 1.93. The number of amides is 1. The first kappa shape index (κ1) is 19.8. The van der Waals surface area contributed by atoms with Gasteiger partial charge in [-0.1, -0.05) is 23.7 Å². The first-order valence-electron chi connectivity index (χ1n) is 8.95. The third-order valence-corrected chi connectivity index (χ3v) is 5.10. The summed E-state index contributed by atoms with van der Waals surface area (Å²) in [6.07, 6.45) is 0. The van der Waals surface area contributed by atoms with Gasteiger partial charge in [0.2, 0.25) is 0 Å². The molecule has 1 unspecified atom stereocenters. The minimum absolute atomic E-state index is 0.154. The van der Waals surface area contributed by atoms with E-state index in [-0.39, 0.29) is 17.0 Å². The lowest BCUT2D eigenvalue weighted by Crippen LogP contribution is -2.29. The van der Waals surface area contributed by atoms with Crippen molar-refractivity contribution in [2.75, 3.05) is 4.90 Å². The average molecular weight is 426 g/mol. The highest BCUT2D eigenvalue weighted by atomic mass is 35.5. The van der Waals surface area contributed by atoms with Crippen LogP contribution < -0.4 is 4.90 Å². The number of carbonyl (C=O) groups excluding carboxylic acids is 2. The van der Waals surface area contributed by atoms with Crippen LogP contribution in [-0.4, -0.2) is 16.8 Å². The van der Waals surface area contributed by atoms with Crippen molar-refractivity contribution in [3.63, 3.8) is 0 Å². The number of aliphatic hydroxyl groups excluding tert-OH is 1. The molecular weight excluding hydrogens is 412 g/mol. The number of rotatable bonds is 3. The lowest BCUT2D eigenvalue weighted by molar-refractivity contribution is -0.132. The molecule has 0 saturated carbocycles. The fraction of sp³-hybridized carbons (Fsp3) is 0.0435. The average Bonchev–Trinajstić information content (AvgIpc) is 3.00. The molecule has 0 aliphatic carbocycles. The number of hydrogen-bond donors (Lipinski definition) is 1. The molecule has 3 aromatic rings. The molecule has 1 aliphatic rings. The van der Waals surface area contributed by atoms with Gasteiger partial charge in [0.1, 0.15) is 17.4 Å². The zero-order valence-electron chi connectivity index (χ0n) is 15.4. The SMILES string of the molecule is O=C1C(=O)N(c2ccc(F)cc2)C(c2ccc(F)cc2)/C1=C(\O)c1ccc(Cl)cc1. The number of benzene rings is 3. The zero-order chi connectivity index (χ0) is 21.4. The van der Waals surface area contributed by atoms with Crippen molar-refractivity contribution in [3.05, 3.63) is 106 Å². The molecule has 1 N–H and O–H groups in total. The summed E-state index contributed by atoms with van der Waals surface area (Å²) in [5, 5.41) is 11.3. The van der Waals surface area contributed by atoms with Gasteiger partial charge in [-0.2, -0.15) is 0 Å². The van der Waals surface area contributed by atoms with Crippen molar-refractivity contribution < 1.29 is 23.5 Å². The van der Waals surface area contributed by atoms with Crippen molar-refractivity contribution >= 4 is 34.7 Å². The third kappa shape index (κ3) is 3.46. The van der Waals surface area contributed by atoms with Gasteiger partial charge in [0.25, 0.3) is 11.7 Å². The van der Waals surface area contributed by atoms with Crippen molar-refractivity contribution in [3.8, 4) is 0 Å². The minimum Gasteiger partial charge on any atom is -0.507 e. The van der Waals surface area contributed by atoms with Crippen LogP contribution in [0.1, 0.15) is 17.2 Å². The van der Waals surface area contributed by atoms with E-state index in [1.54, 1.807) is 12.1 Å². The van der Waals surface area contributed by atoms with Crippen LogP contribution in [0, 0.1) is 11.6 Å². The summed E-state index contributed by atoms with van der Waals surface area (Å²) >= 11 is 5.89. The Labute approximate surface area is 175 Å². The molecule has 1 saturated heterocycles. The third-order valence-electron chi connectivity index (χ3n) is 4.85. The van der Waals surface area contributed by atoms with Crippen molar-refractivity contribution in [1.82, 2.24) is 0 Å². The fourth-order valence-corrected chi connectivity index (χ4v) is 3.55. The monoisotopic (exact) mass is 425 g/mol. The summed E-state index contributed by atoms with van der Waals surface area (Å²) in [5.41, 5.74) is 0.820. The van der Waals surface area contributed by atoms with Gasteiger partial charge in [-0.25, -0.2) is 8.78 Å². The minimum atomic E-state index is -1.02. The van der Waals surface area contributed by atoms with Gasteiger partial charge < -0.3 is 5.11 Å². The molecule has 4 rings (SSSR count). The van der Waals surface area contributed by atoms with Crippen LogP contribution >= 0.6 is 11.6 Å². The number of ketones is 1. The van der Waals surface area contributed by atoms with Crippen LogP contribution in [0.3, 0.4) is 0 Å². The predicted molar refractivity (Wildman–Crippen MR) is 109 cm³/mol. The molecule has 3 aromatic carbocycles. The number of anilines is 1. The fourth-order valence-electron chi connectivity index (χ4n) is 3.42. The van der Waals surface area contributed by atoms with E-state index in [2.05, 4.69) is 0 Å². The maximum absolute atomic E-state index is 13.5. The first-order chi connectivity index (χ1) is 14.4. The van der Waals surface area contributed by atoms with E-state index in [1.807, 2.05) is 0 Å². The molecule has 0 aromatic heterocycles. The van der Waals surface area contributed by atoms with Gasteiger partial charge in [-0.3, -0.25) is 14.5 Å². The Morgan fingerprint density at radius 3 is 1.93 bits per heavy atom. The highest BCUT2D eigenvalue weighted by molar-refractivity contribution is 6.51. The van der Waals surface area contributed by atoms with E-state index >= 15 is 0 Å². The number of aliphatic hydroxyl groups is 1. The van der Waals surface area contributed by atoms with Gasteiger partial charge in [0.15, 0.2) is 0 Å². The highest BCUT2D eigenvalue weighted by Crippen LogP contribution is 2.42. The Bertz CT molecular complexity index is 1160. The number of nitrogens with zero attached hydrogens (tertiary/aromatic N) is 1. The second kappa shape index (κ2) is 7.72. The lowest BCUT2D eigenvalue weighted by atomic mass is 9.95. The van der Waals surface area contributed by atoms with Crippen molar-refractivity contribution in [2.45, 2.75) is 6.04 Å². The summed E-state index contributed by atoms with van der Waals surface area (Å²) in [7, 11) is 0. The summed E-state index contributed by atoms with van der Waals surface area (Å²) in [6.45, 7) is 0. The van der Waals surface area contributed by atoms with Gasteiger partial charge in [-0.15, -0.1) is 0 Å². The van der Waals surface area contributed by atoms with Crippen LogP contribution in [0.5, 0.6) is 0 Å². The van der Waals surface area contributed by atoms with Crippen LogP contribution in [0.2, 0.25) is 5.02 Å². The van der Waals surface area contributed by atoms with Crippen LogP contribution in [0.4, 0.5) is 14.5 Å².